The number of hydrogen-bond donors (Lipinski definition) is 16. The minimum atomic E-state index is -1.86. The van der Waals surface area contributed by atoms with Gasteiger partial charge in [-0.1, -0.05) is 77.9 Å². The van der Waals surface area contributed by atoms with Gasteiger partial charge in [0.1, 0.15) is 71.2 Å². The lowest BCUT2D eigenvalue weighted by molar-refractivity contribution is -0.142. The molecule has 1 unspecified atom stereocenters. The highest BCUT2D eigenvalue weighted by Gasteiger charge is 2.44. The quantitative estimate of drug-likeness (QED) is 0.0263. The SMILES string of the molecule is CNC(=O)[C@@H]1CSSC[C@H](NC(=O)[C@H](Cc2cnc[nH]2)NC(=O)[C@H](Cc2ccccc2)NC(=O)CCNC(=O)Nc2ccc(-c3c4ccc(=O)cc-4oc4cc(O)ccc34)c(C(=O)O)c2)C(=O)N2CC(O)C[C@H]2C(=O)N[C@@H](Cc2ccc(O)c(I)c2)C(=O)N[C@@H](CC(=O)O)C(=O)N[C@@H](CC(C)C)C(=O)N1. The van der Waals surface area contributed by atoms with Crippen LogP contribution in [0, 0.1) is 9.49 Å². The smallest absolute Gasteiger partial charge is 0.336 e. The van der Waals surface area contributed by atoms with Crippen molar-refractivity contribution in [1.82, 2.24) is 62.7 Å². The zero-order valence-electron chi connectivity index (χ0n) is 56.6. The van der Waals surface area contributed by atoms with Crippen molar-refractivity contribution >= 4 is 132 Å². The molecule has 0 bridgehead atoms. The van der Waals surface area contributed by atoms with Gasteiger partial charge < -0.3 is 93.0 Å². The number of H-pyrrole nitrogens is 1. The molecule has 16 N–H and O–H groups in total. The minimum absolute atomic E-state index is 0.0297. The number of rotatable bonds is 22. The van der Waals surface area contributed by atoms with Crippen molar-refractivity contribution in [3.8, 4) is 33.9 Å². The summed E-state index contributed by atoms with van der Waals surface area (Å²) in [5, 5.41) is 78.6. The van der Waals surface area contributed by atoms with Crippen LogP contribution in [0.1, 0.15) is 66.7 Å². The Morgan fingerprint density at radius 2 is 1.45 bits per heavy atom. The van der Waals surface area contributed by atoms with Crippen molar-refractivity contribution in [3.63, 3.8) is 0 Å². The maximum absolute atomic E-state index is 15.3. The van der Waals surface area contributed by atoms with Crippen molar-refractivity contribution in [2.24, 2.45) is 5.92 Å². The Hall–Kier alpha value is -10.8. The van der Waals surface area contributed by atoms with E-state index in [0.29, 0.717) is 36.9 Å². The predicted octanol–water partition coefficient (Wildman–Crippen LogP) is 2.26. The molecule has 554 valence electrons. The van der Waals surface area contributed by atoms with Crippen LogP contribution in [0.2, 0.25) is 0 Å². The normalized spacial score (nSPS) is 19.7. The number of urea groups is 1. The fraction of sp³-hybridized carbons (Fsp3) is 0.343. The number of fused-ring (bicyclic) bond motifs is 3. The van der Waals surface area contributed by atoms with E-state index in [9.17, 15) is 78.3 Å². The first-order valence-electron chi connectivity index (χ1n) is 33.0. The second-order valence-corrected chi connectivity index (χ2v) is 29.0. The summed E-state index contributed by atoms with van der Waals surface area (Å²) in [5.41, 5.74) is 1.77. The second-order valence-electron chi connectivity index (χ2n) is 25.3. The first-order valence-corrected chi connectivity index (χ1v) is 36.6. The first-order chi connectivity index (χ1) is 50.1. The van der Waals surface area contributed by atoms with Gasteiger partial charge in [0.2, 0.25) is 53.2 Å². The number of aliphatic hydroxyl groups is 1. The highest BCUT2D eigenvalue weighted by Crippen LogP contribution is 2.42. The number of amides is 11. The van der Waals surface area contributed by atoms with Crippen LogP contribution in [0.5, 0.6) is 11.5 Å². The van der Waals surface area contributed by atoms with Crippen LogP contribution in [-0.2, 0) is 67.2 Å². The molecule has 1 aromatic heterocycles. The van der Waals surface area contributed by atoms with E-state index >= 15 is 9.59 Å². The second kappa shape index (κ2) is 36.1. The van der Waals surface area contributed by atoms with E-state index in [2.05, 4.69) is 63.1 Å². The molecule has 1 aliphatic carbocycles. The van der Waals surface area contributed by atoms with Crippen molar-refractivity contribution in [2.75, 3.05) is 37.0 Å². The van der Waals surface area contributed by atoms with Crippen LogP contribution < -0.4 is 58.6 Å². The Labute approximate surface area is 620 Å². The van der Waals surface area contributed by atoms with Crippen molar-refractivity contribution < 1.29 is 87.5 Å². The van der Waals surface area contributed by atoms with Gasteiger partial charge in [0.25, 0.3) is 0 Å². The monoisotopic (exact) mass is 1590 g/mol. The summed E-state index contributed by atoms with van der Waals surface area (Å²) in [6.07, 6.45) is -1.30. The first kappa shape index (κ1) is 78.3. The average molecular weight is 1590 g/mol. The van der Waals surface area contributed by atoms with Crippen LogP contribution in [0.4, 0.5) is 10.5 Å². The summed E-state index contributed by atoms with van der Waals surface area (Å²) in [7, 11) is 3.23. The molecule has 9 rings (SSSR count). The van der Waals surface area contributed by atoms with E-state index in [1.54, 1.807) is 44.2 Å². The summed E-state index contributed by atoms with van der Waals surface area (Å²) in [6, 6.07) is 11.9. The van der Waals surface area contributed by atoms with Crippen LogP contribution in [0.3, 0.4) is 0 Å². The molecule has 105 heavy (non-hydrogen) atoms. The molecule has 4 heterocycles. The number of phenolic OH excluding ortho intramolecular Hbond substituents is 2. The largest absolute Gasteiger partial charge is 0.508 e. The third-order valence-electron chi connectivity index (χ3n) is 17.0. The van der Waals surface area contributed by atoms with Gasteiger partial charge in [-0.25, -0.2) is 14.6 Å². The van der Waals surface area contributed by atoms with Gasteiger partial charge in [0.05, 0.1) is 28.0 Å². The number of carbonyl (C=O) groups excluding carboxylic acids is 10. The number of carboxylic acids is 2. The molecular weight excluding hydrogens is 1520 g/mol. The van der Waals surface area contributed by atoms with E-state index < -0.39 is 151 Å². The van der Waals surface area contributed by atoms with Crippen LogP contribution in [0.15, 0.2) is 125 Å². The lowest BCUT2D eigenvalue weighted by Gasteiger charge is -2.31. The third kappa shape index (κ3) is 21.2. The zero-order valence-corrected chi connectivity index (χ0v) is 60.4. The molecule has 3 aliphatic heterocycles. The minimum Gasteiger partial charge on any atom is -0.508 e. The van der Waals surface area contributed by atoms with Gasteiger partial charge in [-0.05, 0) is 100 Å². The molecule has 2 fully saturated rings. The van der Waals surface area contributed by atoms with E-state index in [1.807, 2.05) is 22.6 Å². The number of halogens is 1. The maximum Gasteiger partial charge on any atom is 0.336 e. The Kier molecular flexibility index (Phi) is 26.9. The number of aromatic hydroxyl groups is 2. The standard InChI is InChI=1S/C70H76IN13O19S2/c1-34(2)19-47-62(93)82-52(61(92)72-3)31-104-105-32-53(68(99)84-30-41(87)25-54(84)67(98)81-49(22-36-9-16-55(88)46(71)20-36)64(95)80-51(28-59(90)91)66(97)78-47)83-65(96)50(24-38-29-73-33-75-38)79-63(94)48(21-35-7-5-4-6-8-35)77-58(89)17-18-74-70(102)76-37-10-13-42(45(23-37)69(100)101)60-43-14-11-39(85)26-56(43)103-57-27-40(86)12-15-44(57)60/h4-16,20,23,26-27,29,33-34,41,47-54,85,87-88H,17-19,21-22,24-25,28,30-32H2,1-3H3,(H,72,92)(H,73,75)(H,77,89)(H,78,97)(H,79,94)(H,80,95)(H,81,98)(H,82,93)(H,83,96)(H,90,91)(H,100,101)(H2,74,76,102)/t41?,47-,48-,49-,50-,51-,52-,53-,54-/m0/s1. The Morgan fingerprint density at radius 1 is 0.743 bits per heavy atom. The molecule has 11 amide bonds. The number of nitrogens with one attached hydrogen (secondary N) is 11. The lowest BCUT2D eigenvalue weighted by Crippen LogP contribution is -2.61. The molecule has 4 aliphatic rings. The summed E-state index contributed by atoms with van der Waals surface area (Å²) < 4.78 is 6.26. The molecular formula is C70H76IN13O19S2. The van der Waals surface area contributed by atoms with E-state index in [4.69, 9.17) is 4.42 Å². The molecule has 0 spiro atoms. The van der Waals surface area contributed by atoms with Crippen molar-refractivity contribution in [3.05, 3.63) is 152 Å². The molecule has 32 nitrogen and oxygen atoms in total. The van der Waals surface area contributed by atoms with Gasteiger partial charge in [0.15, 0.2) is 5.43 Å². The Morgan fingerprint density at radius 3 is 2.15 bits per heavy atom. The van der Waals surface area contributed by atoms with Gasteiger partial charge in [-0.15, -0.1) is 0 Å². The van der Waals surface area contributed by atoms with E-state index in [0.717, 1.165) is 26.5 Å². The molecule has 4 aromatic carbocycles. The Balaban J connectivity index is 0.949. The summed E-state index contributed by atoms with van der Waals surface area (Å²) in [6.45, 7) is 2.67. The zero-order chi connectivity index (χ0) is 75.8. The van der Waals surface area contributed by atoms with E-state index in [-0.39, 0.29) is 94.7 Å². The number of hydrogen-bond acceptors (Lipinski definition) is 20. The molecule has 35 heteroatoms. The molecule has 5 aromatic rings. The third-order valence-corrected chi connectivity index (χ3v) is 20.3. The number of aromatic nitrogens is 2. The number of carboxylic acid groups (broad SMARTS) is 2. The molecule has 2 saturated heterocycles. The van der Waals surface area contributed by atoms with Gasteiger partial charge >= 0.3 is 18.0 Å². The molecule has 0 radical (unpaired) electrons. The molecule has 9 atom stereocenters. The number of aliphatic hydroxyl groups excluding tert-OH is 1. The number of carbonyl (C=O) groups is 12. The number of benzene rings is 5. The number of aromatic amines is 1. The number of likely N-dealkylation sites (N-methyl/N-ethyl adjacent to an activating group) is 1. The van der Waals surface area contributed by atoms with Crippen LogP contribution in [0.25, 0.3) is 33.4 Å². The van der Waals surface area contributed by atoms with Gasteiger partial charge in [-0.2, -0.15) is 0 Å². The number of aromatic carboxylic acids is 1. The van der Waals surface area contributed by atoms with Crippen LogP contribution in [-0.4, -0.2) is 198 Å². The highest BCUT2D eigenvalue weighted by molar-refractivity contribution is 14.1. The number of anilines is 1. The predicted molar refractivity (Wildman–Crippen MR) is 392 cm³/mol. The van der Waals surface area contributed by atoms with E-state index in [1.165, 1.54) is 92.4 Å². The topological polar surface area (TPSA) is 488 Å². The maximum atomic E-state index is 15.3. The Bertz CT molecular complexity index is 4450. The summed E-state index contributed by atoms with van der Waals surface area (Å²) in [4.78, 5) is 189. The fourth-order valence-electron chi connectivity index (χ4n) is 11.9. The number of aliphatic carboxylic acids is 1. The molecule has 0 saturated carbocycles. The van der Waals surface area contributed by atoms with Gasteiger partial charge in [-0.3, -0.25) is 52.7 Å². The number of phenols is 2. The number of nitrogens with zero attached hydrogens (tertiary/aromatic N) is 2. The van der Waals surface area contributed by atoms with Crippen LogP contribution >= 0.6 is 44.2 Å². The number of imidazole rings is 1. The highest BCUT2D eigenvalue weighted by atomic mass is 127. The fourth-order valence-corrected chi connectivity index (χ4v) is 14.8. The lowest BCUT2D eigenvalue weighted by atomic mass is 9.90. The average Bonchev–Trinajstić information content (AvgIpc) is 1.16. The van der Waals surface area contributed by atoms with Crippen molar-refractivity contribution in [1.29, 1.82) is 0 Å². The van der Waals surface area contributed by atoms with Gasteiger partial charge in [0, 0.05) is 110 Å². The van der Waals surface area contributed by atoms with Crippen molar-refractivity contribution in [2.45, 2.75) is 113 Å². The summed E-state index contributed by atoms with van der Waals surface area (Å²) >= 11 is 1.84. The summed E-state index contributed by atoms with van der Waals surface area (Å²) in [5.74, 6) is -12.1.